The van der Waals surface area contributed by atoms with Gasteiger partial charge in [-0.2, -0.15) is 0 Å². The number of amidine groups is 1. The summed E-state index contributed by atoms with van der Waals surface area (Å²) >= 11 is 0. The van der Waals surface area contributed by atoms with Crippen molar-refractivity contribution >= 4 is 5.84 Å². The molecule has 0 spiro atoms. The summed E-state index contributed by atoms with van der Waals surface area (Å²) in [6.45, 7) is 8.15. The summed E-state index contributed by atoms with van der Waals surface area (Å²) in [7, 11) is 2.10. The highest BCUT2D eigenvalue weighted by atomic mass is 16.5. The molecule has 0 aromatic heterocycles. The fourth-order valence-electron chi connectivity index (χ4n) is 1.94. The molecule has 6 heteroatoms. The molecule has 0 radical (unpaired) electrons. The number of oxime groups is 1. The molecule has 0 aromatic carbocycles. The lowest BCUT2D eigenvalue weighted by Crippen LogP contribution is -2.49. The van der Waals surface area contributed by atoms with Crippen molar-refractivity contribution in [1.29, 1.82) is 0 Å². The van der Waals surface area contributed by atoms with Crippen molar-refractivity contribution in [2.24, 2.45) is 10.9 Å². The molecule has 1 atom stereocenters. The predicted octanol–water partition coefficient (Wildman–Crippen LogP) is -0.226. The summed E-state index contributed by atoms with van der Waals surface area (Å²) < 4.78 is 5.72. The molecule has 0 saturated carbocycles. The number of hydrogen-bond donors (Lipinski definition) is 2. The molecule has 3 N–H and O–H groups in total. The Balaban J connectivity index is 2.48. The molecule has 0 amide bonds. The summed E-state index contributed by atoms with van der Waals surface area (Å²) in [4.78, 5) is 4.41. The third-order valence-electron chi connectivity index (χ3n) is 3.00. The number of morpholine rings is 1. The summed E-state index contributed by atoms with van der Waals surface area (Å²) in [6, 6.07) is 0.339. The van der Waals surface area contributed by atoms with Crippen molar-refractivity contribution in [3.05, 3.63) is 0 Å². The number of nitrogens with two attached hydrogens (primary N) is 1. The molecule has 0 aliphatic carbocycles. The second-order valence-electron chi connectivity index (χ2n) is 4.87. The van der Waals surface area contributed by atoms with E-state index in [0.717, 1.165) is 26.2 Å². The van der Waals surface area contributed by atoms with Crippen LogP contribution in [-0.4, -0.2) is 72.8 Å². The Bertz CT molecular complexity index is 258. The highest BCUT2D eigenvalue weighted by Crippen LogP contribution is 2.07. The Morgan fingerprint density at radius 2 is 2.35 bits per heavy atom. The topological polar surface area (TPSA) is 74.3 Å². The largest absolute Gasteiger partial charge is 0.409 e. The fourth-order valence-corrected chi connectivity index (χ4v) is 1.94. The van der Waals surface area contributed by atoms with Crippen molar-refractivity contribution in [2.45, 2.75) is 26.0 Å². The van der Waals surface area contributed by atoms with Gasteiger partial charge in [0.25, 0.3) is 0 Å². The Morgan fingerprint density at radius 3 is 2.88 bits per heavy atom. The van der Waals surface area contributed by atoms with E-state index in [1.807, 2.05) is 0 Å². The molecule has 1 rings (SSSR count). The summed E-state index contributed by atoms with van der Waals surface area (Å²) in [5.74, 6) is 0.239. The van der Waals surface area contributed by atoms with Crippen molar-refractivity contribution in [3.63, 3.8) is 0 Å². The average Bonchev–Trinajstić information content (AvgIpc) is 2.27. The van der Waals surface area contributed by atoms with Crippen molar-refractivity contribution in [1.82, 2.24) is 9.80 Å². The molecule has 1 heterocycles. The van der Waals surface area contributed by atoms with Crippen LogP contribution in [0.15, 0.2) is 5.16 Å². The van der Waals surface area contributed by atoms with Crippen LogP contribution in [0.2, 0.25) is 0 Å². The molecule has 6 nitrogen and oxygen atoms in total. The van der Waals surface area contributed by atoms with Crippen LogP contribution < -0.4 is 5.73 Å². The SMILES string of the molecule is CC(C)N(CC(N)=NO)CC1CN(C)CCO1. The highest BCUT2D eigenvalue weighted by molar-refractivity contribution is 5.81. The standard InChI is InChI=1S/C11H24N4O2/c1-9(2)15(8-11(12)13-16)7-10-6-14(3)4-5-17-10/h9-10,16H,4-8H2,1-3H3,(H2,12,13). The van der Waals surface area contributed by atoms with Crippen LogP contribution in [0.3, 0.4) is 0 Å². The van der Waals surface area contributed by atoms with Crippen LogP contribution in [0.1, 0.15) is 13.8 Å². The van der Waals surface area contributed by atoms with E-state index in [4.69, 9.17) is 15.7 Å². The molecule has 17 heavy (non-hydrogen) atoms. The van der Waals surface area contributed by atoms with E-state index < -0.39 is 0 Å². The molecule has 1 saturated heterocycles. The van der Waals surface area contributed by atoms with E-state index in [1.54, 1.807) is 0 Å². The molecule has 1 unspecified atom stereocenters. The molecule has 1 aliphatic rings. The number of nitrogens with zero attached hydrogens (tertiary/aromatic N) is 3. The number of hydrogen-bond acceptors (Lipinski definition) is 5. The third-order valence-corrected chi connectivity index (χ3v) is 3.00. The minimum atomic E-state index is 0.197. The van der Waals surface area contributed by atoms with Crippen LogP contribution in [0, 0.1) is 0 Å². The lowest BCUT2D eigenvalue weighted by molar-refractivity contribution is -0.0374. The smallest absolute Gasteiger partial charge is 0.153 e. The van der Waals surface area contributed by atoms with E-state index >= 15 is 0 Å². The lowest BCUT2D eigenvalue weighted by atomic mass is 10.2. The van der Waals surface area contributed by atoms with Gasteiger partial charge in [-0.1, -0.05) is 5.16 Å². The summed E-state index contributed by atoms with van der Waals surface area (Å²) in [5, 5.41) is 11.6. The molecule has 1 aliphatic heterocycles. The maximum atomic E-state index is 8.61. The van der Waals surface area contributed by atoms with Gasteiger partial charge in [-0.05, 0) is 20.9 Å². The van der Waals surface area contributed by atoms with Gasteiger partial charge >= 0.3 is 0 Å². The first-order valence-electron chi connectivity index (χ1n) is 6.03. The zero-order valence-electron chi connectivity index (χ0n) is 11.0. The fraction of sp³-hybridized carbons (Fsp3) is 0.909. The van der Waals surface area contributed by atoms with Crippen molar-refractivity contribution < 1.29 is 9.94 Å². The normalized spacial score (nSPS) is 23.6. The maximum absolute atomic E-state index is 8.61. The molecule has 1 fully saturated rings. The quantitative estimate of drug-likeness (QED) is 0.302. The summed E-state index contributed by atoms with van der Waals surface area (Å²) in [6.07, 6.45) is 0.197. The van der Waals surface area contributed by atoms with Gasteiger partial charge in [0.1, 0.15) is 0 Å². The van der Waals surface area contributed by atoms with Crippen molar-refractivity contribution in [3.8, 4) is 0 Å². The Labute approximate surface area is 103 Å². The van der Waals surface area contributed by atoms with E-state index in [0.29, 0.717) is 12.6 Å². The minimum Gasteiger partial charge on any atom is -0.409 e. The van der Waals surface area contributed by atoms with Crippen LogP contribution in [0.4, 0.5) is 0 Å². The van der Waals surface area contributed by atoms with Crippen molar-refractivity contribution in [2.75, 3.05) is 39.8 Å². The van der Waals surface area contributed by atoms with E-state index in [1.165, 1.54) is 0 Å². The monoisotopic (exact) mass is 244 g/mol. The number of ether oxygens (including phenoxy) is 1. The Kier molecular flexibility index (Phi) is 5.67. The predicted molar refractivity (Wildman–Crippen MR) is 67.4 cm³/mol. The van der Waals surface area contributed by atoms with Gasteiger partial charge in [-0.15, -0.1) is 0 Å². The van der Waals surface area contributed by atoms with Gasteiger partial charge in [0.05, 0.1) is 19.3 Å². The number of likely N-dealkylation sites (N-methyl/N-ethyl adjacent to an activating group) is 1. The van der Waals surface area contributed by atoms with Gasteiger partial charge in [0.15, 0.2) is 5.84 Å². The molecule has 100 valence electrons. The van der Waals surface area contributed by atoms with Crippen LogP contribution >= 0.6 is 0 Å². The number of rotatable bonds is 5. The zero-order chi connectivity index (χ0) is 12.8. The molecule has 0 aromatic rings. The Hall–Kier alpha value is -0.850. The first kappa shape index (κ1) is 14.2. The second-order valence-corrected chi connectivity index (χ2v) is 4.87. The first-order valence-corrected chi connectivity index (χ1v) is 6.03. The zero-order valence-corrected chi connectivity index (χ0v) is 11.0. The molecular formula is C11H24N4O2. The maximum Gasteiger partial charge on any atom is 0.153 e. The van der Waals surface area contributed by atoms with E-state index in [2.05, 4.69) is 35.9 Å². The molecule has 0 bridgehead atoms. The lowest BCUT2D eigenvalue weighted by Gasteiger charge is -2.35. The second kappa shape index (κ2) is 6.78. The van der Waals surface area contributed by atoms with Gasteiger partial charge < -0.3 is 20.6 Å². The highest BCUT2D eigenvalue weighted by Gasteiger charge is 2.22. The Morgan fingerprint density at radius 1 is 1.65 bits per heavy atom. The third kappa shape index (κ3) is 4.89. The van der Waals surface area contributed by atoms with E-state index in [9.17, 15) is 0 Å². The van der Waals surface area contributed by atoms with Crippen LogP contribution in [-0.2, 0) is 4.74 Å². The van der Waals surface area contributed by atoms with Crippen LogP contribution in [0.25, 0.3) is 0 Å². The minimum absolute atomic E-state index is 0.197. The van der Waals surface area contributed by atoms with Gasteiger partial charge in [0, 0.05) is 25.7 Å². The van der Waals surface area contributed by atoms with Gasteiger partial charge in [-0.25, -0.2) is 0 Å². The van der Waals surface area contributed by atoms with E-state index in [-0.39, 0.29) is 11.9 Å². The first-order chi connectivity index (χ1) is 8.02. The van der Waals surface area contributed by atoms with Gasteiger partial charge in [-0.3, -0.25) is 4.90 Å². The van der Waals surface area contributed by atoms with Crippen LogP contribution in [0.5, 0.6) is 0 Å². The average molecular weight is 244 g/mol. The van der Waals surface area contributed by atoms with Gasteiger partial charge in [0.2, 0.25) is 0 Å². The molecular weight excluding hydrogens is 220 g/mol. The summed E-state index contributed by atoms with van der Waals surface area (Å²) in [5.41, 5.74) is 5.55.